The minimum absolute atomic E-state index is 0.0808. The summed E-state index contributed by atoms with van der Waals surface area (Å²) in [6, 6.07) is 1.47. The first-order valence-electron chi connectivity index (χ1n) is 6.91. The van der Waals surface area contributed by atoms with Gasteiger partial charge in [0.25, 0.3) is 0 Å². The van der Waals surface area contributed by atoms with Crippen LogP contribution in [0.3, 0.4) is 0 Å². The zero-order valence-electron chi connectivity index (χ0n) is 12.8. The van der Waals surface area contributed by atoms with E-state index in [9.17, 15) is 26.4 Å². The molecule has 0 saturated heterocycles. The van der Waals surface area contributed by atoms with Crippen LogP contribution in [0, 0.1) is 0 Å². The normalized spacial score (nSPS) is 13.2. The van der Waals surface area contributed by atoms with Gasteiger partial charge in [0, 0.05) is 6.54 Å². The van der Waals surface area contributed by atoms with Crippen LogP contribution in [0.2, 0.25) is 0 Å². The summed E-state index contributed by atoms with van der Waals surface area (Å²) in [6.07, 6.45) is -4.72. The number of aliphatic imine (C=N–C) groups is 1. The van der Waals surface area contributed by atoms with Gasteiger partial charge in [0.2, 0.25) is 10.0 Å². The van der Waals surface area contributed by atoms with Crippen LogP contribution in [-0.4, -0.2) is 38.0 Å². The lowest BCUT2D eigenvalue weighted by Crippen LogP contribution is -2.40. The van der Waals surface area contributed by atoms with E-state index >= 15 is 0 Å². The van der Waals surface area contributed by atoms with Crippen molar-refractivity contribution in [2.24, 2.45) is 16.5 Å². The van der Waals surface area contributed by atoms with E-state index in [2.05, 4.69) is 4.99 Å². The molecule has 1 aromatic rings. The molecule has 0 aromatic heterocycles. The maximum Gasteiger partial charge on any atom is 0.416 e. The summed E-state index contributed by atoms with van der Waals surface area (Å²) in [5.41, 5.74) is 9.05. The van der Waals surface area contributed by atoms with Gasteiger partial charge in [0.1, 0.15) is 6.04 Å². The average Bonchev–Trinajstić information content (AvgIpc) is 2.49. The van der Waals surface area contributed by atoms with Crippen molar-refractivity contribution in [2.45, 2.75) is 30.0 Å². The molecule has 0 radical (unpaired) electrons. The monoisotopic (exact) mass is 382 g/mol. The molecule has 0 aliphatic carbocycles. The Morgan fingerprint density at radius 2 is 1.96 bits per heavy atom. The number of guanidine groups is 1. The maximum absolute atomic E-state index is 12.7. The highest BCUT2D eigenvalue weighted by molar-refractivity contribution is 7.89. The predicted octanol–water partition coefficient (Wildman–Crippen LogP) is 0.491. The molecule has 0 heterocycles. The standard InChI is InChI=1S/C13H17F3N4O4S/c14-13(15,16)8-3-1-4-9(7-8)25(23,24)20-10(11(21)22)5-2-6-19-12(17)18/h1,3-4,7,10,20H,2,5-6H2,(H,21,22)(H4,17,18,19)/t10-/m0/s1. The van der Waals surface area contributed by atoms with Crippen LogP contribution in [0.15, 0.2) is 34.2 Å². The summed E-state index contributed by atoms with van der Waals surface area (Å²) >= 11 is 0. The molecule has 0 aliphatic heterocycles. The Balaban J connectivity index is 2.93. The van der Waals surface area contributed by atoms with Gasteiger partial charge in [-0.3, -0.25) is 9.79 Å². The first-order chi connectivity index (χ1) is 11.4. The molecule has 1 aromatic carbocycles. The van der Waals surface area contributed by atoms with E-state index in [0.717, 1.165) is 12.1 Å². The lowest BCUT2D eigenvalue weighted by molar-refractivity contribution is -0.139. The summed E-state index contributed by atoms with van der Waals surface area (Å²) in [5.74, 6) is -1.67. The number of carbonyl (C=O) groups is 1. The Morgan fingerprint density at radius 1 is 1.32 bits per heavy atom. The Kier molecular flexibility index (Phi) is 6.76. The van der Waals surface area contributed by atoms with E-state index in [1.807, 2.05) is 4.72 Å². The van der Waals surface area contributed by atoms with Gasteiger partial charge < -0.3 is 16.6 Å². The minimum Gasteiger partial charge on any atom is -0.480 e. The molecule has 0 amide bonds. The second-order valence-corrected chi connectivity index (χ2v) is 6.70. The van der Waals surface area contributed by atoms with E-state index in [-0.39, 0.29) is 25.3 Å². The highest BCUT2D eigenvalue weighted by atomic mass is 32.2. The zero-order valence-corrected chi connectivity index (χ0v) is 13.6. The lowest BCUT2D eigenvalue weighted by atomic mass is 10.2. The van der Waals surface area contributed by atoms with Crippen LogP contribution in [0.1, 0.15) is 18.4 Å². The molecule has 8 nitrogen and oxygen atoms in total. The molecule has 0 unspecified atom stereocenters. The number of carboxylic acid groups (broad SMARTS) is 1. The van der Waals surface area contributed by atoms with E-state index in [0.29, 0.717) is 12.1 Å². The van der Waals surface area contributed by atoms with Crippen LogP contribution in [0.25, 0.3) is 0 Å². The number of sulfonamides is 1. The molecule has 0 fully saturated rings. The molecular formula is C13H17F3N4O4S. The molecule has 6 N–H and O–H groups in total. The Hall–Kier alpha value is -2.34. The predicted molar refractivity (Wildman–Crippen MR) is 83.1 cm³/mol. The summed E-state index contributed by atoms with van der Waals surface area (Å²) in [7, 11) is -4.46. The number of hydrogen-bond acceptors (Lipinski definition) is 4. The minimum atomic E-state index is -4.72. The second-order valence-electron chi connectivity index (χ2n) is 4.99. The molecule has 25 heavy (non-hydrogen) atoms. The van der Waals surface area contributed by atoms with Gasteiger partial charge in [-0.05, 0) is 31.0 Å². The summed E-state index contributed by atoms with van der Waals surface area (Å²) in [4.78, 5) is 14.1. The number of rotatable bonds is 8. The van der Waals surface area contributed by atoms with Crippen molar-refractivity contribution in [3.63, 3.8) is 0 Å². The van der Waals surface area contributed by atoms with Gasteiger partial charge in [-0.25, -0.2) is 8.42 Å². The van der Waals surface area contributed by atoms with Crippen molar-refractivity contribution in [3.8, 4) is 0 Å². The van der Waals surface area contributed by atoms with E-state index in [1.54, 1.807) is 0 Å². The van der Waals surface area contributed by atoms with Crippen molar-refractivity contribution in [3.05, 3.63) is 29.8 Å². The topological polar surface area (TPSA) is 148 Å². The first-order valence-corrected chi connectivity index (χ1v) is 8.39. The summed E-state index contributed by atoms with van der Waals surface area (Å²) < 4.78 is 64.2. The largest absolute Gasteiger partial charge is 0.480 e. The van der Waals surface area contributed by atoms with Gasteiger partial charge in [0.15, 0.2) is 5.96 Å². The van der Waals surface area contributed by atoms with Crippen LogP contribution in [-0.2, 0) is 21.0 Å². The van der Waals surface area contributed by atoms with Crippen molar-refractivity contribution in [1.29, 1.82) is 0 Å². The van der Waals surface area contributed by atoms with Gasteiger partial charge in [0.05, 0.1) is 10.5 Å². The lowest BCUT2D eigenvalue weighted by Gasteiger charge is -2.15. The number of hydrogen-bond donors (Lipinski definition) is 4. The SMILES string of the molecule is NC(N)=NCCC[C@H](NS(=O)(=O)c1cccc(C(F)(F)F)c1)C(=O)O. The van der Waals surface area contributed by atoms with E-state index < -0.39 is 38.7 Å². The zero-order chi connectivity index (χ0) is 19.3. The molecule has 0 bridgehead atoms. The molecule has 0 aliphatic rings. The number of benzene rings is 1. The van der Waals surface area contributed by atoms with Gasteiger partial charge >= 0.3 is 12.1 Å². The molecule has 1 atom stereocenters. The second kappa shape index (κ2) is 8.16. The molecular weight excluding hydrogens is 365 g/mol. The van der Waals surface area contributed by atoms with Crippen molar-refractivity contribution < 1.29 is 31.5 Å². The number of alkyl halides is 3. The fourth-order valence-corrected chi connectivity index (χ4v) is 3.10. The van der Waals surface area contributed by atoms with E-state index in [4.69, 9.17) is 16.6 Å². The first kappa shape index (κ1) is 20.7. The summed E-state index contributed by atoms with van der Waals surface area (Å²) in [5, 5.41) is 9.08. The highest BCUT2D eigenvalue weighted by Gasteiger charge is 2.32. The fourth-order valence-electron chi connectivity index (χ4n) is 1.83. The number of aliphatic carboxylic acids is 1. The molecule has 12 heteroatoms. The molecule has 0 spiro atoms. The van der Waals surface area contributed by atoms with Gasteiger partial charge in [-0.1, -0.05) is 6.07 Å². The van der Waals surface area contributed by atoms with Gasteiger partial charge in [-0.15, -0.1) is 0 Å². The Labute approximate surface area is 141 Å². The molecule has 0 saturated carbocycles. The smallest absolute Gasteiger partial charge is 0.416 e. The van der Waals surface area contributed by atoms with Crippen LogP contribution >= 0.6 is 0 Å². The number of carboxylic acids is 1. The average molecular weight is 382 g/mol. The third kappa shape index (κ3) is 6.58. The van der Waals surface area contributed by atoms with Crippen molar-refractivity contribution in [2.75, 3.05) is 6.54 Å². The van der Waals surface area contributed by atoms with Gasteiger partial charge in [-0.2, -0.15) is 17.9 Å². The Bertz CT molecular complexity index is 746. The van der Waals surface area contributed by atoms with Crippen molar-refractivity contribution in [1.82, 2.24) is 4.72 Å². The Morgan fingerprint density at radius 3 is 2.48 bits per heavy atom. The molecule has 140 valence electrons. The fraction of sp³-hybridized carbons (Fsp3) is 0.385. The molecule has 1 rings (SSSR count). The summed E-state index contributed by atoms with van der Waals surface area (Å²) in [6.45, 7) is 0.0808. The third-order valence-electron chi connectivity index (χ3n) is 3.01. The number of nitrogens with zero attached hydrogens (tertiary/aromatic N) is 1. The third-order valence-corrected chi connectivity index (χ3v) is 4.48. The quantitative estimate of drug-likeness (QED) is 0.292. The highest BCUT2D eigenvalue weighted by Crippen LogP contribution is 2.30. The van der Waals surface area contributed by atoms with E-state index in [1.165, 1.54) is 0 Å². The van der Waals surface area contributed by atoms with Crippen LogP contribution < -0.4 is 16.2 Å². The van der Waals surface area contributed by atoms with Crippen molar-refractivity contribution >= 4 is 22.0 Å². The van der Waals surface area contributed by atoms with Crippen LogP contribution in [0.5, 0.6) is 0 Å². The number of halogens is 3. The maximum atomic E-state index is 12.7. The number of nitrogens with two attached hydrogens (primary N) is 2. The number of nitrogens with one attached hydrogen (secondary N) is 1. The van der Waals surface area contributed by atoms with Crippen LogP contribution in [0.4, 0.5) is 13.2 Å².